The van der Waals surface area contributed by atoms with Crippen molar-refractivity contribution in [2.75, 3.05) is 0 Å². The number of ketones is 1. The van der Waals surface area contributed by atoms with E-state index in [2.05, 4.69) is 46.8 Å². The van der Waals surface area contributed by atoms with Crippen LogP contribution in [0.3, 0.4) is 0 Å². The standard InChI is InChI=1S/C16H22O/c1-10-6-11(2)13(12(3)7-10)8-15(17)14-9-16(14,4)5/h6-7,14H,8-9H2,1-5H3. The molecule has 2 rings (SSSR count). The molecule has 1 aromatic carbocycles. The molecule has 1 nitrogen and oxygen atoms in total. The highest BCUT2D eigenvalue weighted by molar-refractivity contribution is 5.87. The maximum atomic E-state index is 12.2. The normalized spacial score (nSPS) is 21.4. The first-order chi connectivity index (χ1) is 7.81. The zero-order valence-electron chi connectivity index (χ0n) is 11.6. The van der Waals surface area contributed by atoms with E-state index in [1.165, 1.54) is 22.3 Å². The van der Waals surface area contributed by atoms with Gasteiger partial charge in [0.2, 0.25) is 0 Å². The SMILES string of the molecule is Cc1cc(C)c(CC(=O)C2CC2(C)C)c(C)c1. The minimum atomic E-state index is 0.254. The van der Waals surface area contributed by atoms with Crippen LogP contribution in [-0.2, 0) is 11.2 Å². The van der Waals surface area contributed by atoms with Crippen LogP contribution in [0.1, 0.15) is 42.5 Å². The van der Waals surface area contributed by atoms with Gasteiger partial charge in [-0.1, -0.05) is 31.5 Å². The van der Waals surface area contributed by atoms with Gasteiger partial charge in [0.25, 0.3) is 0 Å². The fourth-order valence-corrected chi connectivity index (χ4v) is 2.80. The molecule has 1 aromatic rings. The number of benzene rings is 1. The maximum Gasteiger partial charge on any atom is 0.140 e. The summed E-state index contributed by atoms with van der Waals surface area (Å²) in [6.07, 6.45) is 1.68. The van der Waals surface area contributed by atoms with E-state index >= 15 is 0 Å². The van der Waals surface area contributed by atoms with Gasteiger partial charge >= 0.3 is 0 Å². The number of carbonyl (C=O) groups excluding carboxylic acids is 1. The molecule has 1 aliphatic rings. The molecule has 0 saturated heterocycles. The topological polar surface area (TPSA) is 17.1 Å². The summed E-state index contributed by atoms with van der Waals surface area (Å²) in [7, 11) is 0. The van der Waals surface area contributed by atoms with Crippen LogP contribution in [0.5, 0.6) is 0 Å². The largest absolute Gasteiger partial charge is 0.299 e. The van der Waals surface area contributed by atoms with Crippen molar-refractivity contribution in [2.24, 2.45) is 11.3 Å². The maximum absolute atomic E-state index is 12.2. The third-order valence-electron chi connectivity index (χ3n) is 4.09. The molecule has 1 aliphatic carbocycles. The first-order valence-corrected chi connectivity index (χ1v) is 6.41. The van der Waals surface area contributed by atoms with Gasteiger partial charge in [-0.05, 0) is 49.3 Å². The Bertz CT molecular complexity index is 445. The zero-order valence-corrected chi connectivity index (χ0v) is 11.6. The molecular weight excluding hydrogens is 208 g/mol. The predicted molar refractivity (Wildman–Crippen MR) is 71.3 cm³/mol. The summed E-state index contributed by atoms with van der Waals surface area (Å²) in [6.45, 7) is 10.7. The molecule has 0 aliphatic heterocycles. The second-order valence-electron chi connectivity index (χ2n) is 6.27. The van der Waals surface area contributed by atoms with Gasteiger partial charge in [-0.15, -0.1) is 0 Å². The van der Waals surface area contributed by atoms with E-state index < -0.39 is 0 Å². The van der Waals surface area contributed by atoms with E-state index in [0.29, 0.717) is 18.1 Å². The first kappa shape index (κ1) is 12.3. The summed E-state index contributed by atoms with van der Waals surface area (Å²) in [5.74, 6) is 0.715. The van der Waals surface area contributed by atoms with Crippen LogP contribution in [0, 0.1) is 32.1 Å². The summed E-state index contributed by atoms with van der Waals surface area (Å²) in [4.78, 5) is 12.2. The lowest BCUT2D eigenvalue weighted by Crippen LogP contribution is -2.11. The second kappa shape index (κ2) is 3.97. The van der Waals surface area contributed by atoms with Crippen molar-refractivity contribution in [1.82, 2.24) is 0 Å². The van der Waals surface area contributed by atoms with Crippen LogP contribution in [0.15, 0.2) is 12.1 Å². The lowest BCUT2D eigenvalue weighted by Gasteiger charge is -2.11. The summed E-state index contributed by atoms with van der Waals surface area (Å²) in [6, 6.07) is 4.35. The molecule has 1 saturated carbocycles. The quantitative estimate of drug-likeness (QED) is 0.772. The Kier molecular flexibility index (Phi) is 2.89. The van der Waals surface area contributed by atoms with Gasteiger partial charge in [0.15, 0.2) is 0 Å². The third-order valence-corrected chi connectivity index (χ3v) is 4.09. The molecule has 1 heteroatoms. The molecule has 0 bridgehead atoms. The van der Waals surface area contributed by atoms with Crippen molar-refractivity contribution in [2.45, 2.75) is 47.5 Å². The molecule has 0 heterocycles. The Morgan fingerprint density at radius 2 is 1.71 bits per heavy atom. The molecule has 17 heavy (non-hydrogen) atoms. The number of carbonyl (C=O) groups is 1. The van der Waals surface area contributed by atoms with Crippen molar-refractivity contribution in [1.29, 1.82) is 0 Å². The minimum Gasteiger partial charge on any atom is -0.299 e. The van der Waals surface area contributed by atoms with Gasteiger partial charge in [0.05, 0.1) is 0 Å². The van der Waals surface area contributed by atoms with E-state index in [1.807, 2.05) is 0 Å². The van der Waals surface area contributed by atoms with Crippen molar-refractivity contribution in [3.05, 3.63) is 34.4 Å². The highest BCUT2D eigenvalue weighted by atomic mass is 16.1. The van der Waals surface area contributed by atoms with E-state index in [9.17, 15) is 4.79 Å². The molecule has 92 valence electrons. The molecule has 1 fully saturated rings. The van der Waals surface area contributed by atoms with Crippen molar-refractivity contribution >= 4 is 5.78 Å². The van der Waals surface area contributed by atoms with Crippen LogP contribution in [-0.4, -0.2) is 5.78 Å². The molecule has 0 amide bonds. The summed E-state index contributed by atoms with van der Waals surface area (Å²) >= 11 is 0. The van der Waals surface area contributed by atoms with E-state index in [0.717, 1.165) is 6.42 Å². The number of hydrogen-bond donors (Lipinski definition) is 0. The highest BCUT2D eigenvalue weighted by Crippen LogP contribution is 2.52. The number of rotatable bonds is 3. The zero-order chi connectivity index (χ0) is 12.8. The Hall–Kier alpha value is -1.11. The van der Waals surface area contributed by atoms with Crippen molar-refractivity contribution in [3.8, 4) is 0 Å². The Balaban J connectivity index is 2.17. The Morgan fingerprint density at radius 1 is 1.24 bits per heavy atom. The first-order valence-electron chi connectivity index (χ1n) is 6.41. The van der Waals surface area contributed by atoms with E-state index in [1.54, 1.807) is 0 Å². The molecule has 0 aromatic heterocycles. The van der Waals surface area contributed by atoms with Gasteiger partial charge in [-0.25, -0.2) is 0 Å². The lowest BCUT2D eigenvalue weighted by atomic mass is 9.93. The van der Waals surface area contributed by atoms with Crippen LogP contribution < -0.4 is 0 Å². The number of Topliss-reactive ketones (excluding diaryl/α,β-unsaturated/α-hetero) is 1. The molecule has 0 spiro atoms. The third kappa shape index (κ3) is 2.43. The average molecular weight is 230 g/mol. The number of aryl methyl sites for hydroxylation is 3. The monoisotopic (exact) mass is 230 g/mol. The molecule has 0 radical (unpaired) electrons. The van der Waals surface area contributed by atoms with Gasteiger partial charge in [-0.3, -0.25) is 4.79 Å². The van der Waals surface area contributed by atoms with Crippen molar-refractivity contribution < 1.29 is 4.79 Å². The van der Waals surface area contributed by atoms with E-state index in [-0.39, 0.29) is 5.41 Å². The van der Waals surface area contributed by atoms with Crippen molar-refractivity contribution in [3.63, 3.8) is 0 Å². The molecular formula is C16H22O. The smallest absolute Gasteiger partial charge is 0.140 e. The molecule has 1 unspecified atom stereocenters. The summed E-state index contributed by atoms with van der Waals surface area (Å²) in [5.41, 5.74) is 5.29. The predicted octanol–water partition coefficient (Wildman–Crippen LogP) is 3.77. The number of hydrogen-bond acceptors (Lipinski definition) is 1. The van der Waals surface area contributed by atoms with E-state index in [4.69, 9.17) is 0 Å². The minimum absolute atomic E-state index is 0.254. The molecule has 1 atom stereocenters. The lowest BCUT2D eigenvalue weighted by molar-refractivity contribution is -0.120. The highest BCUT2D eigenvalue weighted by Gasteiger charge is 2.49. The van der Waals surface area contributed by atoms with Gasteiger partial charge in [0.1, 0.15) is 5.78 Å². The fourth-order valence-electron chi connectivity index (χ4n) is 2.80. The van der Waals surface area contributed by atoms with Crippen LogP contribution in [0.4, 0.5) is 0 Å². The molecule has 0 N–H and O–H groups in total. The Labute approximate surface area is 104 Å². The summed E-state index contributed by atoms with van der Waals surface area (Å²) < 4.78 is 0. The van der Waals surface area contributed by atoms with Crippen LogP contribution >= 0.6 is 0 Å². The van der Waals surface area contributed by atoms with Gasteiger partial charge in [-0.2, -0.15) is 0 Å². The fraction of sp³-hybridized carbons (Fsp3) is 0.562. The Morgan fingerprint density at radius 3 is 2.12 bits per heavy atom. The second-order valence-corrected chi connectivity index (χ2v) is 6.27. The average Bonchev–Trinajstić information content (AvgIpc) is 2.81. The van der Waals surface area contributed by atoms with Gasteiger partial charge < -0.3 is 0 Å². The van der Waals surface area contributed by atoms with Gasteiger partial charge in [0, 0.05) is 12.3 Å². The van der Waals surface area contributed by atoms with Crippen LogP contribution in [0.2, 0.25) is 0 Å². The summed E-state index contributed by atoms with van der Waals surface area (Å²) in [5, 5.41) is 0. The van der Waals surface area contributed by atoms with Crippen LogP contribution in [0.25, 0.3) is 0 Å².